The molecule has 2 aromatic rings. The van der Waals surface area contributed by atoms with Crippen molar-refractivity contribution in [2.24, 2.45) is 0 Å². The molecule has 33 heavy (non-hydrogen) atoms. The number of carbonyl (C=O) groups is 2. The predicted octanol–water partition coefficient (Wildman–Crippen LogP) is 4.36. The molecule has 1 saturated heterocycles. The fourth-order valence-electron chi connectivity index (χ4n) is 3.79. The standard InChI is InChI=1S/C25H29N3O5/c1-3-17-13-19(15-22(14-17)33-21-9-11-28(12-10-21)25(30)31)23(24(29)32-4-2)27-20-7-5-18(16-26)6-8-20/h5-8,13-15,21,23,27H,3-4,9-12H2,1-2H3,(H,30,31). The maximum absolute atomic E-state index is 12.8. The topological polar surface area (TPSA) is 112 Å². The van der Waals surface area contributed by atoms with Crippen LogP contribution in [-0.2, 0) is 16.0 Å². The van der Waals surface area contributed by atoms with E-state index in [9.17, 15) is 9.59 Å². The number of aryl methyl sites for hydroxylation is 1. The summed E-state index contributed by atoms with van der Waals surface area (Å²) in [5, 5.41) is 21.4. The van der Waals surface area contributed by atoms with Crippen molar-refractivity contribution >= 4 is 17.7 Å². The molecule has 1 heterocycles. The van der Waals surface area contributed by atoms with Gasteiger partial charge in [0.15, 0.2) is 6.04 Å². The normalized spacial score (nSPS) is 14.8. The molecule has 8 heteroatoms. The Morgan fingerprint density at radius 2 is 1.88 bits per heavy atom. The third kappa shape index (κ3) is 6.39. The Hall–Kier alpha value is -3.73. The average molecular weight is 452 g/mol. The van der Waals surface area contributed by atoms with Gasteiger partial charge in [-0.1, -0.05) is 13.0 Å². The van der Waals surface area contributed by atoms with Crippen molar-refractivity contribution in [1.82, 2.24) is 4.90 Å². The fraction of sp³-hybridized carbons (Fsp3) is 0.400. The first-order valence-corrected chi connectivity index (χ1v) is 11.1. The van der Waals surface area contributed by atoms with Crippen LogP contribution >= 0.6 is 0 Å². The molecule has 1 fully saturated rings. The summed E-state index contributed by atoms with van der Waals surface area (Å²) in [6, 6.07) is 14.0. The molecule has 0 aliphatic carbocycles. The molecule has 0 spiro atoms. The number of hydrogen-bond donors (Lipinski definition) is 2. The van der Waals surface area contributed by atoms with Crippen LogP contribution in [0.4, 0.5) is 10.5 Å². The first-order chi connectivity index (χ1) is 15.9. The highest BCUT2D eigenvalue weighted by atomic mass is 16.5. The number of carbonyl (C=O) groups excluding carboxylic acids is 1. The summed E-state index contributed by atoms with van der Waals surface area (Å²) in [5.41, 5.74) is 2.96. The van der Waals surface area contributed by atoms with Crippen LogP contribution < -0.4 is 10.1 Å². The Morgan fingerprint density at radius 1 is 1.18 bits per heavy atom. The molecule has 2 aromatic carbocycles. The Bertz CT molecular complexity index is 1010. The number of hydrogen-bond acceptors (Lipinski definition) is 6. The van der Waals surface area contributed by atoms with E-state index >= 15 is 0 Å². The van der Waals surface area contributed by atoms with E-state index in [0.717, 1.165) is 17.5 Å². The first-order valence-electron chi connectivity index (χ1n) is 11.1. The molecule has 1 amide bonds. The number of amides is 1. The van der Waals surface area contributed by atoms with E-state index in [1.807, 2.05) is 25.1 Å². The fourth-order valence-corrected chi connectivity index (χ4v) is 3.79. The summed E-state index contributed by atoms with van der Waals surface area (Å²) in [5.74, 6) is 0.241. The quantitative estimate of drug-likeness (QED) is 0.574. The lowest BCUT2D eigenvalue weighted by Crippen LogP contribution is -2.41. The molecule has 3 rings (SSSR count). The molecule has 1 atom stereocenters. The van der Waals surface area contributed by atoms with Gasteiger partial charge in [-0.25, -0.2) is 9.59 Å². The average Bonchev–Trinajstić information content (AvgIpc) is 2.83. The van der Waals surface area contributed by atoms with E-state index in [0.29, 0.717) is 42.9 Å². The smallest absolute Gasteiger partial charge is 0.407 e. The molecule has 0 bridgehead atoms. The largest absolute Gasteiger partial charge is 0.490 e. The number of likely N-dealkylation sites (tertiary alicyclic amines) is 1. The van der Waals surface area contributed by atoms with Crippen molar-refractivity contribution in [2.75, 3.05) is 25.0 Å². The summed E-state index contributed by atoms with van der Waals surface area (Å²) in [4.78, 5) is 25.4. The third-order valence-electron chi connectivity index (χ3n) is 5.59. The van der Waals surface area contributed by atoms with Crippen molar-refractivity contribution in [2.45, 2.75) is 45.3 Å². The number of ether oxygens (including phenoxy) is 2. The summed E-state index contributed by atoms with van der Waals surface area (Å²) in [6.45, 7) is 4.92. The zero-order valence-electron chi connectivity index (χ0n) is 18.9. The van der Waals surface area contributed by atoms with Gasteiger partial charge in [0.05, 0.1) is 18.2 Å². The van der Waals surface area contributed by atoms with E-state index in [4.69, 9.17) is 19.8 Å². The van der Waals surface area contributed by atoms with Gasteiger partial charge in [-0.2, -0.15) is 5.26 Å². The molecule has 0 radical (unpaired) electrons. The molecule has 1 aliphatic heterocycles. The van der Waals surface area contributed by atoms with Crippen LogP contribution in [0.3, 0.4) is 0 Å². The molecular formula is C25H29N3O5. The highest BCUT2D eigenvalue weighted by Gasteiger charge is 2.26. The number of nitrogens with zero attached hydrogens (tertiary/aromatic N) is 2. The van der Waals surface area contributed by atoms with E-state index in [-0.39, 0.29) is 12.7 Å². The van der Waals surface area contributed by atoms with Gasteiger partial charge in [-0.05, 0) is 60.9 Å². The minimum absolute atomic E-state index is 0.0897. The third-order valence-corrected chi connectivity index (χ3v) is 5.59. The predicted molar refractivity (Wildman–Crippen MR) is 123 cm³/mol. The highest BCUT2D eigenvalue weighted by Crippen LogP contribution is 2.29. The SMILES string of the molecule is CCOC(=O)C(Nc1ccc(C#N)cc1)c1cc(CC)cc(OC2CCN(C(=O)O)CC2)c1. The lowest BCUT2D eigenvalue weighted by Gasteiger charge is -2.30. The number of anilines is 1. The maximum Gasteiger partial charge on any atom is 0.407 e. The summed E-state index contributed by atoms with van der Waals surface area (Å²) < 4.78 is 11.5. The molecule has 2 N–H and O–H groups in total. The van der Waals surface area contributed by atoms with Gasteiger partial charge in [0.2, 0.25) is 0 Å². The Balaban J connectivity index is 1.84. The van der Waals surface area contributed by atoms with Crippen molar-refractivity contribution in [3.63, 3.8) is 0 Å². The van der Waals surface area contributed by atoms with Gasteiger partial charge in [-0.3, -0.25) is 0 Å². The van der Waals surface area contributed by atoms with Crippen molar-refractivity contribution in [1.29, 1.82) is 5.26 Å². The van der Waals surface area contributed by atoms with E-state index < -0.39 is 18.1 Å². The van der Waals surface area contributed by atoms with Crippen LogP contribution in [0.25, 0.3) is 0 Å². The monoisotopic (exact) mass is 451 g/mol. The number of rotatable bonds is 8. The number of carboxylic acid groups (broad SMARTS) is 1. The highest BCUT2D eigenvalue weighted by molar-refractivity contribution is 5.81. The Morgan fingerprint density at radius 3 is 2.45 bits per heavy atom. The van der Waals surface area contributed by atoms with Crippen molar-refractivity contribution in [3.8, 4) is 11.8 Å². The van der Waals surface area contributed by atoms with Gasteiger partial charge in [0.1, 0.15) is 11.9 Å². The van der Waals surface area contributed by atoms with Crippen LogP contribution in [0.1, 0.15) is 49.4 Å². The van der Waals surface area contributed by atoms with Gasteiger partial charge < -0.3 is 24.8 Å². The van der Waals surface area contributed by atoms with E-state index in [1.54, 1.807) is 31.2 Å². The Labute approximate surface area is 193 Å². The summed E-state index contributed by atoms with van der Waals surface area (Å²) >= 11 is 0. The second kappa shape index (κ2) is 11.2. The van der Waals surface area contributed by atoms with E-state index in [2.05, 4.69) is 11.4 Å². The zero-order chi connectivity index (χ0) is 23.8. The van der Waals surface area contributed by atoms with Crippen LogP contribution in [-0.4, -0.2) is 47.9 Å². The molecule has 1 unspecified atom stereocenters. The second-order valence-electron chi connectivity index (χ2n) is 7.87. The number of nitrogens with one attached hydrogen (secondary N) is 1. The molecule has 8 nitrogen and oxygen atoms in total. The van der Waals surface area contributed by atoms with Crippen LogP contribution in [0.15, 0.2) is 42.5 Å². The molecule has 0 aromatic heterocycles. The lowest BCUT2D eigenvalue weighted by molar-refractivity contribution is -0.144. The first kappa shape index (κ1) is 23.9. The minimum Gasteiger partial charge on any atom is -0.490 e. The molecule has 0 saturated carbocycles. The summed E-state index contributed by atoms with van der Waals surface area (Å²) in [6.07, 6.45) is 0.988. The van der Waals surface area contributed by atoms with Crippen LogP contribution in [0.5, 0.6) is 5.75 Å². The molecular weight excluding hydrogens is 422 g/mol. The minimum atomic E-state index is -0.908. The van der Waals surface area contributed by atoms with Crippen molar-refractivity contribution < 1.29 is 24.2 Å². The van der Waals surface area contributed by atoms with Gasteiger partial charge >= 0.3 is 12.1 Å². The van der Waals surface area contributed by atoms with Crippen molar-refractivity contribution in [3.05, 3.63) is 59.2 Å². The van der Waals surface area contributed by atoms with Gasteiger partial charge in [-0.15, -0.1) is 0 Å². The number of benzene rings is 2. The van der Waals surface area contributed by atoms with Crippen LogP contribution in [0.2, 0.25) is 0 Å². The number of nitriles is 1. The molecule has 1 aliphatic rings. The summed E-state index contributed by atoms with van der Waals surface area (Å²) in [7, 11) is 0. The number of esters is 1. The van der Waals surface area contributed by atoms with Gasteiger partial charge in [0.25, 0.3) is 0 Å². The molecule has 174 valence electrons. The zero-order valence-corrected chi connectivity index (χ0v) is 18.9. The Kier molecular flexibility index (Phi) is 8.14. The number of piperidine rings is 1. The maximum atomic E-state index is 12.8. The van der Waals surface area contributed by atoms with E-state index in [1.165, 1.54) is 4.90 Å². The second-order valence-corrected chi connectivity index (χ2v) is 7.87. The lowest BCUT2D eigenvalue weighted by atomic mass is 10.0. The van der Waals surface area contributed by atoms with Crippen LogP contribution in [0, 0.1) is 11.3 Å². The van der Waals surface area contributed by atoms with Gasteiger partial charge in [0, 0.05) is 31.6 Å².